The van der Waals surface area contributed by atoms with Crippen molar-refractivity contribution < 1.29 is 4.52 Å². The van der Waals surface area contributed by atoms with Crippen LogP contribution in [-0.4, -0.2) is 29.2 Å². The van der Waals surface area contributed by atoms with Gasteiger partial charge in [0.25, 0.3) is 0 Å². The maximum atomic E-state index is 5.23. The monoisotopic (exact) mass is 277 g/mol. The first-order valence-electron chi connectivity index (χ1n) is 6.54. The Hall–Kier alpha value is -1.25. The lowest BCUT2D eigenvalue weighted by molar-refractivity contribution is 0.266. The molecule has 2 aliphatic rings. The highest BCUT2D eigenvalue weighted by Gasteiger charge is 2.23. The standard InChI is InChI=1S/C10H14N3OP.C4H6/c1-2-9-11-5-3-10(12-9)13-6-4-8(7-13)14-15;1-2-4-3-1/h2-3,5,8H,1,4,6-7,15H2;1-2H,3-4H2. The highest BCUT2D eigenvalue weighted by atomic mass is 31.0. The summed E-state index contributed by atoms with van der Waals surface area (Å²) in [5.41, 5.74) is 0. The molecule has 1 aliphatic carbocycles. The zero-order valence-electron chi connectivity index (χ0n) is 11.0. The summed E-state index contributed by atoms with van der Waals surface area (Å²) in [5.74, 6) is 1.62. The molecule has 4 nitrogen and oxygen atoms in total. The Kier molecular flexibility index (Phi) is 5.49. The smallest absolute Gasteiger partial charge is 0.153 e. The van der Waals surface area contributed by atoms with Crippen molar-refractivity contribution in [2.75, 3.05) is 18.0 Å². The van der Waals surface area contributed by atoms with Crippen LogP contribution in [-0.2, 0) is 4.52 Å². The van der Waals surface area contributed by atoms with Gasteiger partial charge in [0.2, 0.25) is 0 Å². The molecule has 3 rings (SSSR count). The Morgan fingerprint density at radius 1 is 1.42 bits per heavy atom. The number of hydrogen-bond donors (Lipinski definition) is 0. The summed E-state index contributed by atoms with van der Waals surface area (Å²) in [6.07, 6.45) is 11.7. The Labute approximate surface area is 116 Å². The third-order valence-corrected chi connectivity index (χ3v) is 3.56. The van der Waals surface area contributed by atoms with Gasteiger partial charge in [-0.1, -0.05) is 18.7 Å². The van der Waals surface area contributed by atoms with Crippen molar-refractivity contribution in [3.63, 3.8) is 0 Å². The van der Waals surface area contributed by atoms with Gasteiger partial charge in [-0.2, -0.15) is 0 Å². The molecule has 0 N–H and O–H groups in total. The van der Waals surface area contributed by atoms with Gasteiger partial charge in [0.1, 0.15) is 5.82 Å². The van der Waals surface area contributed by atoms with Crippen LogP contribution in [0.3, 0.4) is 0 Å². The minimum Gasteiger partial charge on any atom is -0.361 e. The van der Waals surface area contributed by atoms with Crippen LogP contribution >= 0.6 is 9.47 Å². The van der Waals surface area contributed by atoms with Crippen molar-refractivity contribution in [2.45, 2.75) is 25.4 Å². The molecule has 1 aromatic rings. The van der Waals surface area contributed by atoms with E-state index in [1.807, 2.05) is 6.07 Å². The highest BCUT2D eigenvalue weighted by molar-refractivity contribution is 7.09. The van der Waals surface area contributed by atoms with Crippen molar-refractivity contribution in [2.24, 2.45) is 0 Å². The lowest BCUT2D eigenvalue weighted by Crippen LogP contribution is -2.22. The third kappa shape index (κ3) is 4.12. The zero-order valence-corrected chi connectivity index (χ0v) is 12.2. The minimum atomic E-state index is 0.289. The van der Waals surface area contributed by atoms with E-state index in [1.165, 1.54) is 12.8 Å². The first-order valence-corrected chi connectivity index (χ1v) is 7.01. The van der Waals surface area contributed by atoms with Gasteiger partial charge in [-0.15, -0.1) is 0 Å². The molecule has 1 aliphatic heterocycles. The quantitative estimate of drug-likeness (QED) is 0.629. The minimum absolute atomic E-state index is 0.289. The Morgan fingerprint density at radius 2 is 2.16 bits per heavy atom. The third-order valence-electron chi connectivity index (χ3n) is 3.17. The summed E-state index contributed by atoms with van der Waals surface area (Å²) in [4.78, 5) is 10.7. The van der Waals surface area contributed by atoms with Crippen molar-refractivity contribution >= 4 is 21.4 Å². The number of allylic oxidation sites excluding steroid dienone is 2. The second-order valence-electron chi connectivity index (χ2n) is 4.52. The molecule has 0 amide bonds. The molecule has 19 heavy (non-hydrogen) atoms. The Bertz CT molecular complexity index is 444. The molecule has 102 valence electrons. The van der Waals surface area contributed by atoms with Crippen LogP contribution in [0.2, 0.25) is 0 Å². The molecule has 0 spiro atoms. The molecular formula is C14H20N3OP. The molecule has 0 aromatic carbocycles. The van der Waals surface area contributed by atoms with E-state index >= 15 is 0 Å². The predicted octanol–water partition coefficient (Wildman–Crippen LogP) is 2.84. The van der Waals surface area contributed by atoms with E-state index in [2.05, 4.69) is 43.1 Å². The van der Waals surface area contributed by atoms with Gasteiger partial charge < -0.3 is 9.42 Å². The van der Waals surface area contributed by atoms with Gasteiger partial charge in [-0.25, -0.2) is 9.97 Å². The second kappa shape index (κ2) is 7.37. The molecule has 5 heteroatoms. The number of rotatable bonds is 3. The van der Waals surface area contributed by atoms with Gasteiger partial charge in [0, 0.05) is 28.8 Å². The predicted molar refractivity (Wildman–Crippen MR) is 81.9 cm³/mol. The summed E-state index contributed by atoms with van der Waals surface area (Å²) >= 11 is 0. The molecule has 0 saturated carbocycles. The molecule has 0 radical (unpaired) electrons. The lowest BCUT2D eigenvalue weighted by atomic mass is 10.1. The van der Waals surface area contributed by atoms with Crippen molar-refractivity contribution in [1.29, 1.82) is 0 Å². The fourth-order valence-electron chi connectivity index (χ4n) is 1.85. The summed E-state index contributed by atoms with van der Waals surface area (Å²) in [6, 6.07) is 1.91. The molecule has 1 fully saturated rings. The summed E-state index contributed by atoms with van der Waals surface area (Å²) in [6.45, 7) is 5.52. The molecule has 1 saturated heterocycles. The highest BCUT2D eigenvalue weighted by Crippen LogP contribution is 2.20. The number of anilines is 1. The van der Waals surface area contributed by atoms with Gasteiger partial charge in [-0.05, 0) is 31.4 Å². The lowest BCUT2D eigenvalue weighted by Gasteiger charge is -2.16. The van der Waals surface area contributed by atoms with Crippen molar-refractivity contribution in [1.82, 2.24) is 9.97 Å². The van der Waals surface area contributed by atoms with E-state index in [0.29, 0.717) is 5.82 Å². The van der Waals surface area contributed by atoms with Crippen LogP contribution in [0.25, 0.3) is 6.08 Å². The molecular weight excluding hydrogens is 257 g/mol. The molecule has 1 aromatic heterocycles. The van der Waals surface area contributed by atoms with Crippen molar-refractivity contribution in [3.05, 3.63) is 36.8 Å². The maximum absolute atomic E-state index is 5.23. The van der Waals surface area contributed by atoms with Gasteiger partial charge in [0.15, 0.2) is 5.82 Å². The van der Waals surface area contributed by atoms with Crippen LogP contribution in [0.4, 0.5) is 5.82 Å². The Balaban J connectivity index is 0.000000284. The molecule has 2 heterocycles. The van der Waals surface area contributed by atoms with Crippen LogP contribution < -0.4 is 4.90 Å². The summed E-state index contributed by atoms with van der Waals surface area (Å²) in [7, 11) is 2.32. The van der Waals surface area contributed by atoms with E-state index < -0.39 is 0 Å². The van der Waals surface area contributed by atoms with E-state index in [-0.39, 0.29) is 6.10 Å². The topological polar surface area (TPSA) is 38.2 Å². The van der Waals surface area contributed by atoms with Crippen molar-refractivity contribution in [3.8, 4) is 0 Å². The molecule has 0 bridgehead atoms. The van der Waals surface area contributed by atoms with Crippen LogP contribution in [0, 0.1) is 0 Å². The van der Waals surface area contributed by atoms with Crippen LogP contribution in [0.15, 0.2) is 31.0 Å². The number of hydrogen-bond acceptors (Lipinski definition) is 4. The van der Waals surface area contributed by atoms with Gasteiger partial charge in [0.05, 0.1) is 6.10 Å². The average Bonchev–Trinajstić information content (AvgIpc) is 2.85. The van der Waals surface area contributed by atoms with E-state index in [1.54, 1.807) is 12.3 Å². The second-order valence-corrected chi connectivity index (χ2v) is 4.79. The van der Waals surface area contributed by atoms with Crippen LogP contribution in [0.1, 0.15) is 25.1 Å². The van der Waals surface area contributed by atoms with Gasteiger partial charge >= 0.3 is 0 Å². The normalized spacial score (nSPS) is 20.5. The zero-order chi connectivity index (χ0) is 13.5. The fraction of sp³-hybridized carbons (Fsp3) is 0.429. The summed E-state index contributed by atoms with van der Waals surface area (Å²) < 4.78 is 5.23. The van der Waals surface area contributed by atoms with E-state index in [4.69, 9.17) is 4.52 Å². The fourth-order valence-corrected chi connectivity index (χ4v) is 2.07. The SMILES string of the molecule is C1=CCC1.C=Cc1nccc(N2CCC(OP)C2)n1. The van der Waals surface area contributed by atoms with Crippen LogP contribution in [0.5, 0.6) is 0 Å². The van der Waals surface area contributed by atoms with Gasteiger partial charge in [-0.3, -0.25) is 0 Å². The molecule has 2 unspecified atom stereocenters. The first-order chi connectivity index (χ1) is 9.33. The largest absolute Gasteiger partial charge is 0.361 e. The Morgan fingerprint density at radius 3 is 2.68 bits per heavy atom. The number of aromatic nitrogens is 2. The molecule has 2 atom stereocenters. The van der Waals surface area contributed by atoms with E-state index in [0.717, 1.165) is 25.3 Å². The average molecular weight is 277 g/mol. The first kappa shape index (κ1) is 14.2. The van der Waals surface area contributed by atoms with E-state index in [9.17, 15) is 0 Å². The summed E-state index contributed by atoms with van der Waals surface area (Å²) in [5, 5.41) is 0. The maximum Gasteiger partial charge on any atom is 0.153 e. The number of nitrogens with zero attached hydrogens (tertiary/aromatic N) is 3.